The zero-order chi connectivity index (χ0) is 17.6. The van der Waals surface area contributed by atoms with Gasteiger partial charge >= 0.3 is 0 Å². The van der Waals surface area contributed by atoms with Gasteiger partial charge in [0.25, 0.3) is 0 Å². The van der Waals surface area contributed by atoms with Crippen molar-refractivity contribution in [2.75, 3.05) is 39.9 Å². The minimum atomic E-state index is -0.235. The van der Waals surface area contributed by atoms with Crippen molar-refractivity contribution >= 4 is 45.9 Å². The lowest BCUT2D eigenvalue weighted by atomic mass is 10.0. The van der Waals surface area contributed by atoms with Crippen LogP contribution in [0.1, 0.15) is 19.4 Å². The second-order valence-corrected chi connectivity index (χ2v) is 7.34. The Bertz CT molecular complexity index is 580. The highest BCUT2D eigenvalue weighted by Gasteiger charge is 2.28. The number of rotatable bonds is 5. The molecule has 2 rings (SSSR count). The molecular formula is C17H27BrFIN4O. The van der Waals surface area contributed by atoms with Crippen LogP contribution in [0.4, 0.5) is 4.39 Å². The standard InChI is InChI=1S/C17H26BrFN4O.HI/c1-17(2,23-6-8-24-9-7-23)12-22-16(20-3)21-11-13-4-5-14(18)10-15(13)19;/h4-5,10H,6-9,11-12H2,1-3H3,(H2,20,21,22);1H. The molecule has 0 radical (unpaired) electrons. The highest BCUT2D eigenvalue weighted by atomic mass is 127. The Morgan fingerprint density at radius 1 is 1.32 bits per heavy atom. The molecule has 2 N–H and O–H groups in total. The summed E-state index contributed by atoms with van der Waals surface area (Å²) < 4.78 is 20.0. The van der Waals surface area contributed by atoms with Crippen molar-refractivity contribution in [3.63, 3.8) is 0 Å². The van der Waals surface area contributed by atoms with Crippen molar-refractivity contribution in [1.82, 2.24) is 15.5 Å². The summed E-state index contributed by atoms with van der Waals surface area (Å²) >= 11 is 3.26. The van der Waals surface area contributed by atoms with Gasteiger partial charge in [-0.2, -0.15) is 0 Å². The predicted octanol–water partition coefficient (Wildman–Crippen LogP) is 2.98. The second kappa shape index (κ2) is 10.6. The van der Waals surface area contributed by atoms with Crippen molar-refractivity contribution in [2.45, 2.75) is 25.9 Å². The molecule has 1 saturated heterocycles. The Morgan fingerprint density at radius 2 is 2.00 bits per heavy atom. The molecule has 0 aromatic heterocycles. The fraction of sp³-hybridized carbons (Fsp3) is 0.588. The van der Waals surface area contributed by atoms with Gasteiger partial charge in [0.15, 0.2) is 5.96 Å². The smallest absolute Gasteiger partial charge is 0.191 e. The van der Waals surface area contributed by atoms with Crippen molar-refractivity contribution in [3.8, 4) is 0 Å². The number of nitrogens with zero attached hydrogens (tertiary/aromatic N) is 2. The first-order chi connectivity index (χ1) is 11.4. The van der Waals surface area contributed by atoms with Crippen LogP contribution in [-0.4, -0.2) is 56.3 Å². The minimum Gasteiger partial charge on any atom is -0.379 e. The Hall–Kier alpha value is -0.450. The molecule has 0 unspecified atom stereocenters. The normalized spacial score (nSPS) is 16.3. The first-order valence-corrected chi connectivity index (χ1v) is 8.93. The molecular weight excluding hydrogens is 502 g/mol. The van der Waals surface area contributed by atoms with E-state index in [-0.39, 0.29) is 35.3 Å². The number of aliphatic imine (C=N–C) groups is 1. The van der Waals surface area contributed by atoms with Crippen LogP contribution in [0, 0.1) is 5.82 Å². The van der Waals surface area contributed by atoms with Gasteiger partial charge < -0.3 is 15.4 Å². The molecule has 1 fully saturated rings. The summed E-state index contributed by atoms with van der Waals surface area (Å²) in [7, 11) is 1.72. The zero-order valence-corrected chi connectivity index (χ0v) is 18.9. The molecule has 0 spiro atoms. The van der Waals surface area contributed by atoms with Crippen LogP contribution in [0.5, 0.6) is 0 Å². The van der Waals surface area contributed by atoms with Crippen LogP contribution >= 0.6 is 39.9 Å². The molecule has 0 amide bonds. The van der Waals surface area contributed by atoms with E-state index in [0.29, 0.717) is 18.1 Å². The predicted molar refractivity (Wildman–Crippen MR) is 114 cm³/mol. The monoisotopic (exact) mass is 528 g/mol. The van der Waals surface area contributed by atoms with Gasteiger partial charge in [-0.3, -0.25) is 9.89 Å². The topological polar surface area (TPSA) is 48.9 Å². The molecule has 1 aromatic carbocycles. The third-order valence-electron chi connectivity index (χ3n) is 4.24. The lowest BCUT2D eigenvalue weighted by Gasteiger charge is -2.41. The van der Waals surface area contributed by atoms with Gasteiger partial charge in [-0.25, -0.2) is 4.39 Å². The van der Waals surface area contributed by atoms with Crippen molar-refractivity contribution in [2.24, 2.45) is 4.99 Å². The van der Waals surface area contributed by atoms with Crippen LogP contribution in [0.25, 0.3) is 0 Å². The van der Waals surface area contributed by atoms with Crippen LogP contribution in [0.2, 0.25) is 0 Å². The van der Waals surface area contributed by atoms with E-state index >= 15 is 0 Å². The highest BCUT2D eigenvalue weighted by molar-refractivity contribution is 14.0. The third-order valence-corrected chi connectivity index (χ3v) is 4.73. The molecule has 0 atom stereocenters. The molecule has 1 aromatic rings. The maximum Gasteiger partial charge on any atom is 0.191 e. The molecule has 0 bridgehead atoms. The lowest BCUT2D eigenvalue weighted by Crippen LogP contribution is -2.56. The summed E-state index contributed by atoms with van der Waals surface area (Å²) in [5.41, 5.74) is 0.596. The van der Waals surface area contributed by atoms with E-state index in [0.717, 1.165) is 37.3 Å². The number of hydrogen-bond donors (Lipinski definition) is 2. The van der Waals surface area contributed by atoms with Crippen molar-refractivity contribution in [3.05, 3.63) is 34.1 Å². The number of morpholine rings is 1. The molecule has 0 aliphatic carbocycles. The van der Waals surface area contributed by atoms with Crippen LogP contribution < -0.4 is 10.6 Å². The first kappa shape index (κ1) is 22.6. The molecule has 8 heteroatoms. The maximum absolute atomic E-state index is 13.9. The van der Waals surface area contributed by atoms with Gasteiger partial charge in [-0.05, 0) is 26.0 Å². The van der Waals surface area contributed by atoms with E-state index in [1.165, 1.54) is 6.07 Å². The lowest BCUT2D eigenvalue weighted by molar-refractivity contribution is -0.00834. The SMILES string of the molecule is CN=C(NCc1ccc(Br)cc1F)NCC(C)(C)N1CCOCC1.I. The van der Waals surface area contributed by atoms with E-state index < -0.39 is 0 Å². The Morgan fingerprint density at radius 3 is 2.60 bits per heavy atom. The molecule has 0 saturated carbocycles. The quantitative estimate of drug-likeness (QED) is 0.350. The van der Waals surface area contributed by atoms with E-state index in [4.69, 9.17) is 4.74 Å². The van der Waals surface area contributed by atoms with Crippen LogP contribution in [0.3, 0.4) is 0 Å². The highest BCUT2D eigenvalue weighted by Crippen LogP contribution is 2.16. The minimum absolute atomic E-state index is 0. The van der Waals surface area contributed by atoms with E-state index in [2.05, 4.69) is 50.3 Å². The fourth-order valence-corrected chi connectivity index (χ4v) is 2.98. The van der Waals surface area contributed by atoms with E-state index in [1.54, 1.807) is 13.1 Å². The molecule has 1 heterocycles. The zero-order valence-electron chi connectivity index (χ0n) is 14.9. The third kappa shape index (κ3) is 6.99. The molecule has 5 nitrogen and oxygen atoms in total. The Balaban J connectivity index is 0.00000312. The Labute approximate surface area is 174 Å². The average molecular weight is 529 g/mol. The summed E-state index contributed by atoms with van der Waals surface area (Å²) in [5.74, 6) is 0.430. The number of hydrogen-bond acceptors (Lipinski definition) is 3. The number of halogens is 3. The summed E-state index contributed by atoms with van der Waals surface area (Å²) in [5, 5.41) is 6.49. The van der Waals surface area contributed by atoms with Crippen molar-refractivity contribution < 1.29 is 9.13 Å². The maximum atomic E-state index is 13.9. The summed E-state index contributed by atoms with van der Waals surface area (Å²) in [6, 6.07) is 5.06. The number of benzene rings is 1. The first-order valence-electron chi connectivity index (χ1n) is 8.13. The van der Waals surface area contributed by atoms with E-state index in [1.807, 2.05) is 6.07 Å². The molecule has 25 heavy (non-hydrogen) atoms. The second-order valence-electron chi connectivity index (χ2n) is 6.43. The van der Waals surface area contributed by atoms with Gasteiger partial charge in [0, 0.05) is 48.8 Å². The number of ether oxygens (including phenoxy) is 1. The molecule has 142 valence electrons. The van der Waals surface area contributed by atoms with Gasteiger partial charge in [0.1, 0.15) is 5.82 Å². The van der Waals surface area contributed by atoms with Gasteiger partial charge in [-0.1, -0.05) is 22.0 Å². The summed E-state index contributed by atoms with van der Waals surface area (Å²) in [6.45, 7) is 8.96. The summed E-state index contributed by atoms with van der Waals surface area (Å²) in [4.78, 5) is 6.63. The van der Waals surface area contributed by atoms with Crippen molar-refractivity contribution in [1.29, 1.82) is 0 Å². The summed E-state index contributed by atoms with van der Waals surface area (Å²) in [6.07, 6.45) is 0. The molecule has 1 aliphatic heterocycles. The van der Waals surface area contributed by atoms with Gasteiger partial charge in [0.05, 0.1) is 13.2 Å². The van der Waals surface area contributed by atoms with Gasteiger partial charge in [0.2, 0.25) is 0 Å². The van der Waals surface area contributed by atoms with Crippen LogP contribution in [0.15, 0.2) is 27.7 Å². The fourth-order valence-electron chi connectivity index (χ4n) is 2.65. The van der Waals surface area contributed by atoms with Crippen LogP contribution in [-0.2, 0) is 11.3 Å². The number of guanidine groups is 1. The number of nitrogens with one attached hydrogen (secondary N) is 2. The largest absolute Gasteiger partial charge is 0.379 e. The van der Waals surface area contributed by atoms with E-state index in [9.17, 15) is 4.39 Å². The van der Waals surface area contributed by atoms with Gasteiger partial charge in [-0.15, -0.1) is 24.0 Å². The molecule has 1 aliphatic rings. The average Bonchev–Trinajstić information content (AvgIpc) is 2.57. The Kier molecular flexibility index (Phi) is 9.61.